The molecule has 4 aromatic rings. The van der Waals surface area contributed by atoms with E-state index in [9.17, 15) is 4.39 Å². The summed E-state index contributed by atoms with van der Waals surface area (Å²) in [6.45, 7) is 7.25. The third kappa shape index (κ3) is 1.87. The maximum absolute atomic E-state index is 14.7. The van der Waals surface area contributed by atoms with Crippen LogP contribution in [0.25, 0.3) is 32.3 Å². The molecule has 0 aliphatic heterocycles. The molecule has 3 aromatic carbocycles. The molecule has 0 amide bonds. The van der Waals surface area contributed by atoms with Gasteiger partial charge in [-0.25, -0.2) is 9.24 Å². The van der Waals surface area contributed by atoms with E-state index in [4.69, 9.17) is 11.8 Å². The molecule has 0 radical (unpaired) electrons. The van der Waals surface area contributed by atoms with E-state index < -0.39 is 5.82 Å². The van der Waals surface area contributed by atoms with Gasteiger partial charge < -0.3 is 4.57 Å². The molecule has 4 rings (SSSR count). The van der Waals surface area contributed by atoms with Crippen LogP contribution in [0.3, 0.4) is 0 Å². The van der Waals surface area contributed by atoms with Crippen LogP contribution in [-0.4, -0.2) is 4.57 Å². The van der Waals surface area contributed by atoms with Gasteiger partial charge in [-0.2, -0.15) is 5.26 Å². The van der Waals surface area contributed by atoms with Crippen molar-refractivity contribution in [1.29, 1.82) is 5.26 Å². The van der Waals surface area contributed by atoms with E-state index >= 15 is 0 Å². The second kappa shape index (κ2) is 5.22. The lowest BCUT2D eigenvalue weighted by Gasteiger charge is -2.10. The number of halogens is 1. The van der Waals surface area contributed by atoms with Crippen LogP contribution in [0.2, 0.25) is 0 Å². The van der Waals surface area contributed by atoms with Gasteiger partial charge in [-0.1, -0.05) is 36.4 Å². The van der Waals surface area contributed by atoms with Gasteiger partial charge in [-0.3, -0.25) is 0 Å². The van der Waals surface area contributed by atoms with Crippen molar-refractivity contribution in [1.82, 2.24) is 4.57 Å². The molecule has 3 nitrogen and oxygen atoms in total. The highest BCUT2D eigenvalue weighted by Gasteiger charge is 2.16. The standard InChI is InChI=1S/C20H10FN3/c1-23-17-11-20(16(21)10-13(17)12-22)24-18-8-4-2-6-14(18)15-7-3-5-9-19(15)24/h2-11H. The number of rotatable bonds is 1. The lowest BCUT2D eigenvalue weighted by molar-refractivity contribution is 0.621. The summed E-state index contributed by atoms with van der Waals surface area (Å²) >= 11 is 0. The molecule has 0 saturated heterocycles. The molecule has 0 unspecified atom stereocenters. The number of hydrogen-bond donors (Lipinski definition) is 0. The Labute approximate surface area is 137 Å². The minimum absolute atomic E-state index is 0.0482. The zero-order valence-corrected chi connectivity index (χ0v) is 12.5. The first-order valence-electron chi connectivity index (χ1n) is 7.34. The number of nitriles is 1. The first kappa shape index (κ1) is 14.0. The van der Waals surface area contributed by atoms with Crippen molar-refractivity contribution in [2.24, 2.45) is 0 Å². The van der Waals surface area contributed by atoms with E-state index in [0.29, 0.717) is 0 Å². The third-order valence-electron chi connectivity index (χ3n) is 4.13. The zero-order valence-electron chi connectivity index (χ0n) is 12.5. The van der Waals surface area contributed by atoms with Crippen LogP contribution in [0.15, 0.2) is 60.7 Å². The van der Waals surface area contributed by atoms with Gasteiger partial charge in [0.25, 0.3) is 0 Å². The Morgan fingerprint density at radius 3 is 2.08 bits per heavy atom. The molecule has 0 spiro atoms. The van der Waals surface area contributed by atoms with Crippen molar-refractivity contribution in [2.45, 2.75) is 0 Å². The van der Waals surface area contributed by atoms with Gasteiger partial charge in [0.15, 0.2) is 0 Å². The molecule has 24 heavy (non-hydrogen) atoms. The van der Waals surface area contributed by atoms with Crippen LogP contribution in [0.4, 0.5) is 10.1 Å². The second-order valence-electron chi connectivity index (χ2n) is 5.41. The number of para-hydroxylation sites is 2. The van der Waals surface area contributed by atoms with Gasteiger partial charge in [-0.05, 0) is 24.3 Å². The summed E-state index contributed by atoms with van der Waals surface area (Å²) in [5, 5.41) is 11.1. The second-order valence-corrected chi connectivity index (χ2v) is 5.41. The minimum Gasteiger partial charge on any atom is -0.308 e. The maximum Gasteiger partial charge on any atom is 0.206 e. The molecule has 0 bridgehead atoms. The van der Waals surface area contributed by atoms with Crippen LogP contribution < -0.4 is 0 Å². The Morgan fingerprint density at radius 1 is 0.958 bits per heavy atom. The molecule has 0 N–H and O–H groups in total. The van der Waals surface area contributed by atoms with Crippen LogP contribution in [0, 0.1) is 23.7 Å². The fourth-order valence-electron chi connectivity index (χ4n) is 3.09. The van der Waals surface area contributed by atoms with Gasteiger partial charge in [0, 0.05) is 10.8 Å². The topological polar surface area (TPSA) is 33.1 Å². The van der Waals surface area contributed by atoms with Gasteiger partial charge in [-0.15, -0.1) is 0 Å². The van der Waals surface area contributed by atoms with E-state index in [1.807, 2.05) is 54.6 Å². The summed E-state index contributed by atoms with van der Waals surface area (Å²) < 4.78 is 16.5. The fourth-order valence-corrected chi connectivity index (χ4v) is 3.09. The highest BCUT2D eigenvalue weighted by atomic mass is 19.1. The molecule has 0 saturated carbocycles. The van der Waals surface area contributed by atoms with Crippen LogP contribution >= 0.6 is 0 Å². The lowest BCUT2D eigenvalue weighted by Crippen LogP contribution is -1.98. The summed E-state index contributed by atoms with van der Waals surface area (Å²) in [6.07, 6.45) is 0. The van der Waals surface area contributed by atoms with E-state index in [1.54, 1.807) is 4.57 Å². The summed E-state index contributed by atoms with van der Waals surface area (Å²) in [5.41, 5.74) is 2.19. The molecule has 0 fully saturated rings. The molecule has 0 atom stereocenters. The molecule has 1 aromatic heterocycles. The molecule has 0 aliphatic rings. The minimum atomic E-state index is -0.523. The smallest absolute Gasteiger partial charge is 0.206 e. The van der Waals surface area contributed by atoms with Crippen molar-refractivity contribution in [3.05, 3.63) is 83.5 Å². The van der Waals surface area contributed by atoms with Crippen molar-refractivity contribution < 1.29 is 4.39 Å². The van der Waals surface area contributed by atoms with Gasteiger partial charge in [0.2, 0.25) is 5.69 Å². The van der Waals surface area contributed by atoms with Crippen LogP contribution in [-0.2, 0) is 0 Å². The summed E-state index contributed by atoms with van der Waals surface area (Å²) in [4.78, 5) is 3.36. The predicted molar refractivity (Wildman–Crippen MR) is 91.7 cm³/mol. The monoisotopic (exact) mass is 311 g/mol. The van der Waals surface area contributed by atoms with Crippen molar-refractivity contribution in [3.8, 4) is 11.8 Å². The average Bonchev–Trinajstić information content (AvgIpc) is 2.96. The molecule has 4 heteroatoms. The number of benzene rings is 3. The Morgan fingerprint density at radius 2 is 1.54 bits per heavy atom. The molecule has 0 aliphatic carbocycles. The number of hydrogen-bond acceptors (Lipinski definition) is 1. The van der Waals surface area contributed by atoms with Crippen molar-refractivity contribution in [2.75, 3.05) is 0 Å². The van der Waals surface area contributed by atoms with Gasteiger partial charge in [0.1, 0.15) is 5.82 Å². The fraction of sp³-hybridized carbons (Fsp3) is 0. The Balaban J connectivity index is 2.18. The molecular weight excluding hydrogens is 301 g/mol. The van der Waals surface area contributed by atoms with Crippen LogP contribution in [0.1, 0.15) is 5.56 Å². The SMILES string of the molecule is [C-]#[N+]c1cc(-n2c3ccccc3c3ccccc32)c(F)cc1C#N. The summed E-state index contributed by atoms with van der Waals surface area (Å²) in [7, 11) is 0. The third-order valence-corrected chi connectivity index (χ3v) is 4.13. The van der Waals surface area contributed by atoms with Crippen molar-refractivity contribution in [3.63, 3.8) is 0 Å². The molecule has 112 valence electrons. The Bertz CT molecular complexity index is 1140. The number of aromatic nitrogens is 1. The van der Waals surface area contributed by atoms with E-state index in [-0.39, 0.29) is 16.9 Å². The quantitative estimate of drug-likeness (QED) is 0.436. The Hall–Kier alpha value is -3.63. The van der Waals surface area contributed by atoms with E-state index in [2.05, 4.69) is 4.85 Å². The molecule has 1 heterocycles. The zero-order chi connectivity index (χ0) is 16.7. The van der Waals surface area contributed by atoms with Crippen LogP contribution in [0.5, 0.6) is 0 Å². The van der Waals surface area contributed by atoms with Gasteiger partial charge >= 0.3 is 0 Å². The summed E-state index contributed by atoms with van der Waals surface area (Å²) in [6, 6.07) is 20.0. The molecular formula is C20H10FN3. The predicted octanol–water partition coefficient (Wildman–Crippen LogP) is 5.35. The summed E-state index contributed by atoms with van der Waals surface area (Å²) in [5.74, 6) is -0.523. The van der Waals surface area contributed by atoms with Gasteiger partial charge in [0.05, 0.1) is 34.9 Å². The number of nitrogens with zero attached hydrogens (tertiary/aromatic N) is 3. The largest absolute Gasteiger partial charge is 0.308 e. The highest BCUT2D eigenvalue weighted by Crippen LogP contribution is 2.34. The number of fused-ring (bicyclic) bond motifs is 3. The maximum atomic E-state index is 14.7. The first-order chi connectivity index (χ1) is 11.7. The van der Waals surface area contributed by atoms with Crippen molar-refractivity contribution >= 4 is 27.5 Å². The highest BCUT2D eigenvalue weighted by molar-refractivity contribution is 6.09. The Kier molecular flexibility index (Phi) is 3.05. The van der Waals surface area contributed by atoms with E-state index in [1.165, 1.54) is 6.07 Å². The lowest BCUT2D eigenvalue weighted by atomic mass is 10.1. The first-order valence-corrected chi connectivity index (χ1v) is 7.34. The normalized spacial score (nSPS) is 10.6. The van der Waals surface area contributed by atoms with E-state index in [0.717, 1.165) is 27.9 Å². The average molecular weight is 311 g/mol.